The third-order valence-corrected chi connectivity index (χ3v) is 2.05. The van der Waals surface area contributed by atoms with E-state index in [1.807, 2.05) is 20.8 Å². The van der Waals surface area contributed by atoms with E-state index >= 15 is 0 Å². The Balaban J connectivity index is 2.50. The summed E-state index contributed by atoms with van der Waals surface area (Å²) in [7, 11) is 0. The molecular formula is C9H17NO3. The fraction of sp³-hybridized carbons (Fsp3) is 0.889. The number of amides is 1. The van der Waals surface area contributed by atoms with Crippen LogP contribution in [0.4, 0.5) is 0 Å². The largest absolute Gasteiger partial charge is 0.396 e. The number of carbonyl (C=O) groups is 1. The van der Waals surface area contributed by atoms with Crippen LogP contribution >= 0.6 is 0 Å². The summed E-state index contributed by atoms with van der Waals surface area (Å²) in [6, 6.07) is 0. The van der Waals surface area contributed by atoms with Crippen molar-refractivity contribution in [3.8, 4) is 0 Å². The molecule has 13 heavy (non-hydrogen) atoms. The van der Waals surface area contributed by atoms with E-state index < -0.39 is 0 Å². The van der Waals surface area contributed by atoms with Crippen LogP contribution in [0, 0.1) is 5.41 Å². The molecule has 0 spiro atoms. The van der Waals surface area contributed by atoms with Gasteiger partial charge in [-0.1, -0.05) is 13.8 Å². The average molecular weight is 187 g/mol. The molecule has 1 amide bonds. The summed E-state index contributed by atoms with van der Waals surface area (Å²) in [5, 5.41) is 10.4. The molecule has 1 aliphatic heterocycles. The van der Waals surface area contributed by atoms with Gasteiger partial charge in [-0.3, -0.25) is 9.63 Å². The monoisotopic (exact) mass is 187 g/mol. The van der Waals surface area contributed by atoms with Crippen LogP contribution < -0.4 is 0 Å². The third kappa shape index (κ3) is 2.67. The topological polar surface area (TPSA) is 49.8 Å². The van der Waals surface area contributed by atoms with Gasteiger partial charge in [0.2, 0.25) is 5.91 Å². The van der Waals surface area contributed by atoms with Gasteiger partial charge in [-0.25, -0.2) is 5.06 Å². The van der Waals surface area contributed by atoms with Crippen LogP contribution in [0.25, 0.3) is 0 Å². The summed E-state index contributed by atoms with van der Waals surface area (Å²) < 4.78 is 0. The fourth-order valence-electron chi connectivity index (χ4n) is 1.23. The second kappa shape index (κ2) is 3.64. The van der Waals surface area contributed by atoms with Crippen molar-refractivity contribution in [3.63, 3.8) is 0 Å². The van der Waals surface area contributed by atoms with E-state index in [1.54, 1.807) is 0 Å². The maximum absolute atomic E-state index is 11.3. The minimum absolute atomic E-state index is 0.00836. The van der Waals surface area contributed by atoms with Gasteiger partial charge in [0.15, 0.2) is 0 Å². The van der Waals surface area contributed by atoms with Crippen LogP contribution in [0.15, 0.2) is 0 Å². The van der Waals surface area contributed by atoms with Crippen molar-refractivity contribution in [3.05, 3.63) is 0 Å². The van der Waals surface area contributed by atoms with Crippen molar-refractivity contribution in [1.82, 2.24) is 5.06 Å². The zero-order valence-electron chi connectivity index (χ0n) is 8.41. The Labute approximate surface area is 78.4 Å². The van der Waals surface area contributed by atoms with Crippen LogP contribution in [0.1, 0.15) is 27.2 Å². The van der Waals surface area contributed by atoms with Gasteiger partial charge < -0.3 is 5.11 Å². The molecule has 1 rings (SSSR count). The predicted octanol–water partition coefficient (Wildman–Crippen LogP) is 0.557. The Hall–Kier alpha value is -0.610. The molecular weight excluding hydrogens is 170 g/mol. The zero-order valence-corrected chi connectivity index (χ0v) is 8.41. The lowest BCUT2D eigenvalue weighted by molar-refractivity contribution is -0.180. The van der Waals surface area contributed by atoms with E-state index in [2.05, 4.69) is 0 Å². The molecule has 1 fully saturated rings. The number of hydroxylamine groups is 2. The third-order valence-electron chi connectivity index (χ3n) is 2.05. The lowest BCUT2D eigenvalue weighted by Crippen LogP contribution is -2.36. The second-order valence-electron chi connectivity index (χ2n) is 4.37. The van der Waals surface area contributed by atoms with Gasteiger partial charge in [-0.2, -0.15) is 0 Å². The molecule has 0 saturated carbocycles. The van der Waals surface area contributed by atoms with Crippen molar-refractivity contribution in [2.24, 2.45) is 5.41 Å². The molecule has 0 aromatic heterocycles. The molecule has 0 aliphatic carbocycles. The minimum Gasteiger partial charge on any atom is -0.396 e. The molecule has 1 unspecified atom stereocenters. The van der Waals surface area contributed by atoms with Crippen LogP contribution in [0.2, 0.25) is 0 Å². The normalized spacial score (nSPS) is 24.2. The summed E-state index contributed by atoms with van der Waals surface area (Å²) in [5.41, 5.74) is -0.292. The van der Waals surface area contributed by atoms with Crippen LogP contribution in [-0.4, -0.2) is 35.3 Å². The standard InChI is InChI=1S/C9H17NO3/c1-7-4-8(12)10(13-7)5-9(2,3)6-11/h7,11H,4-6H2,1-3H3. The smallest absolute Gasteiger partial charge is 0.248 e. The lowest BCUT2D eigenvalue weighted by Gasteiger charge is -2.27. The lowest BCUT2D eigenvalue weighted by atomic mass is 9.95. The Morgan fingerprint density at radius 1 is 1.69 bits per heavy atom. The maximum atomic E-state index is 11.3. The number of hydrogen-bond acceptors (Lipinski definition) is 3. The summed E-state index contributed by atoms with van der Waals surface area (Å²) in [6.45, 7) is 6.16. The van der Waals surface area contributed by atoms with E-state index in [4.69, 9.17) is 9.94 Å². The first-order valence-corrected chi connectivity index (χ1v) is 4.52. The number of nitrogens with zero attached hydrogens (tertiary/aromatic N) is 1. The summed E-state index contributed by atoms with van der Waals surface area (Å²) in [6.07, 6.45) is 0.420. The summed E-state index contributed by atoms with van der Waals surface area (Å²) in [4.78, 5) is 16.6. The number of rotatable bonds is 3. The van der Waals surface area contributed by atoms with E-state index in [9.17, 15) is 4.79 Å². The number of hydrogen-bond donors (Lipinski definition) is 1. The van der Waals surface area contributed by atoms with E-state index in [-0.39, 0.29) is 24.0 Å². The van der Waals surface area contributed by atoms with Crippen molar-refractivity contribution in [2.45, 2.75) is 33.3 Å². The number of aliphatic hydroxyl groups excluding tert-OH is 1. The van der Waals surface area contributed by atoms with Crippen molar-refractivity contribution >= 4 is 5.91 Å². The molecule has 0 aromatic carbocycles. The first-order chi connectivity index (χ1) is 5.94. The summed E-state index contributed by atoms with van der Waals surface area (Å²) in [5.74, 6) is 0.00836. The molecule has 1 N–H and O–H groups in total. The van der Waals surface area contributed by atoms with E-state index in [0.717, 1.165) is 0 Å². The Kier molecular flexibility index (Phi) is 2.93. The van der Waals surface area contributed by atoms with Crippen LogP contribution in [0.5, 0.6) is 0 Å². The highest BCUT2D eigenvalue weighted by molar-refractivity contribution is 5.77. The van der Waals surface area contributed by atoms with Gasteiger partial charge in [0, 0.05) is 12.0 Å². The highest BCUT2D eigenvalue weighted by Gasteiger charge is 2.32. The SMILES string of the molecule is CC1CC(=O)N(CC(C)(C)CO)O1. The van der Waals surface area contributed by atoms with E-state index in [1.165, 1.54) is 5.06 Å². The second-order valence-corrected chi connectivity index (χ2v) is 4.37. The van der Waals surface area contributed by atoms with Crippen molar-refractivity contribution in [2.75, 3.05) is 13.2 Å². The molecule has 0 radical (unpaired) electrons. The Morgan fingerprint density at radius 3 is 2.69 bits per heavy atom. The van der Waals surface area contributed by atoms with E-state index in [0.29, 0.717) is 13.0 Å². The molecule has 1 heterocycles. The molecule has 1 saturated heterocycles. The van der Waals surface area contributed by atoms with Gasteiger partial charge in [0.05, 0.1) is 19.1 Å². The van der Waals surface area contributed by atoms with Crippen LogP contribution in [-0.2, 0) is 9.63 Å². The first kappa shape index (κ1) is 10.5. The molecule has 4 heteroatoms. The van der Waals surface area contributed by atoms with Gasteiger partial charge in [0.1, 0.15) is 0 Å². The molecule has 1 atom stereocenters. The number of aliphatic hydroxyl groups is 1. The van der Waals surface area contributed by atoms with Crippen molar-refractivity contribution < 1.29 is 14.7 Å². The van der Waals surface area contributed by atoms with Gasteiger partial charge in [-0.15, -0.1) is 0 Å². The van der Waals surface area contributed by atoms with Gasteiger partial charge in [0.25, 0.3) is 0 Å². The van der Waals surface area contributed by atoms with Gasteiger partial charge >= 0.3 is 0 Å². The van der Waals surface area contributed by atoms with Crippen molar-refractivity contribution in [1.29, 1.82) is 0 Å². The molecule has 0 aromatic rings. The highest BCUT2D eigenvalue weighted by atomic mass is 16.7. The summed E-state index contributed by atoms with van der Waals surface area (Å²) >= 11 is 0. The van der Waals surface area contributed by atoms with Crippen LogP contribution in [0.3, 0.4) is 0 Å². The zero-order chi connectivity index (χ0) is 10.1. The highest BCUT2D eigenvalue weighted by Crippen LogP contribution is 2.21. The predicted molar refractivity (Wildman–Crippen MR) is 47.7 cm³/mol. The average Bonchev–Trinajstić information content (AvgIpc) is 2.30. The Bertz CT molecular complexity index is 203. The van der Waals surface area contributed by atoms with Gasteiger partial charge in [-0.05, 0) is 6.92 Å². The molecule has 0 bridgehead atoms. The Morgan fingerprint density at radius 2 is 2.31 bits per heavy atom. The molecule has 4 nitrogen and oxygen atoms in total. The molecule has 1 aliphatic rings. The minimum atomic E-state index is -0.292. The fourth-order valence-corrected chi connectivity index (χ4v) is 1.23. The first-order valence-electron chi connectivity index (χ1n) is 4.52. The quantitative estimate of drug-likeness (QED) is 0.702. The maximum Gasteiger partial charge on any atom is 0.248 e. The molecule has 76 valence electrons. The number of carbonyl (C=O) groups excluding carboxylic acids is 1.